The van der Waals surface area contributed by atoms with E-state index in [1.165, 1.54) is 0 Å². The maximum atomic E-state index is 11.3. The molecule has 1 aliphatic heterocycles. The number of carboxylic acids is 2. The first-order chi connectivity index (χ1) is 18.1. The van der Waals surface area contributed by atoms with Gasteiger partial charge in [-0.1, -0.05) is 24.3 Å². The highest BCUT2D eigenvalue weighted by atomic mass is 16.5. The number of likely N-dealkylation sites (tertiary alicyclic amines) is 1. The highest BCUT2D eigenvalue weighted by molar-refractivity contribution is 6.27. The normalized spacial score (nSPS) is 15.9. The smallest absolute Gasteiger partial charge is 0.414 e. The SMILES string of the molecule is O=C(O)C(=O)O.Oc1ccc2cc(C3(O)CCN(C[C@H](O)COc4cccc5[nH]ccc45)CC3)ccc2c1. The zero-order chi connectivity index (χ0) is 27.3. The topological polar surface area (TPSA) is 164 Å². The van der Waals surface area contributed by atoms with Crippen molar-refractivity contribution in [1.82, 2.24) is 9.88 Å². The van der Waals surface area contributed by atoms with Crippen LogP contribution in [0, 0.1) is 0 Å². The summed E-state index contributed by atoms with van der Waals surface area (Å²) in [5, 5.41) is 49.2. The molecule has 3 aromatic carbocycles. The lowest BCUT2D eigenvalue weighted by molar-refractivity contribution is -0.159. The van der Waals surface area contributed by atoms with E-state index in [9.17, 15) is 15.3 Å². The lowest BCUT2D eigenvalue weighted by Crippen LogP contribution is -2.46. The molecule has 4 aromatic rings. The molecule has 5 rings (SSSR count). The van der Waals surface area contributed by atoms with E-state index in [1.54, 1.807) is 12.1 Å². The van der Waals surface area contributed by atoms with E-state index >= 15 is 0 Å². The molecule has 1 aromatic heterocycles. The molecule has 0 amide bonds. The van der Waals surface area contributed by atoms with E-state index in [0.717, 1.165) is 33.0 Å². The molecule has 0 unspecified atom stereocenters. The number of β-amino-alcohol motifs (C(OH)–C–C–N with tert-alkyl or cyclic N) is 1. The van der Waals surface area contributed by atoms with Gasteiger partial charge >= 0.3 is 11.9 Å². The van der Waals surface area contributed by atoms with Crippen LogP contribution in [0.15, 0.2) is 66.9 Å². The van der Waals surface area contributed by atoms with Crippen molar-refractivity contribution in [3.8, 4) is 11.5 Å². The van der Waals surface area contributed by atoms with Gasteiger partial charge < -0.3 is 40.2 Å². The number of aromatic amines is 1. The van der Waals surface area contributed by atoms with Crippen LogP contribution in [0.1, 0.15) is 18.4 Å². The highest BCUT2D eigenvalue weighted by Gasteiger charge is 2.34. The van der Waals surface area contributed by atoms with Crippen molar-refractivity contribution in [1.29, 1.82) is 0 Å². The second-order valence-corrected chi connectivity index (χ2v) is 9.35. The molecular weight excluding hydrogens is 492 g/mol. The predicted molar refractivity (Wildman–Crippen MR) is 140 cm³/mol. The van der Waals surface area contributed by atoms with Crippen LogP contribution in [-0.4, -0.2) is 79.7 Å². The molecule has 0 spiro atoms. The third kappa shape index (κ3) is 6.41. The minimum atomic E-state index is -1.82. The number of aromatic hydroxyl groups is 1. The number of hydrogen-bond donors (Lipinski definition) is 6. The van der Waals surface area contributed by atoms with Crippen molar-refractivity contribution in [2.75, 3.05) is 26.2 Å². The first kappa shape index (κ1) is 26.9. The monoisotopic (exact) mass is 522 g/mol. The van der Waals surface area contributed by atoms with Crippen LogP contribution in [0.25, 0.3) is 21.7 Å². The summed E-state index contributed by atoms with van der Waals surface area (Å²) < 4.78 is 5.88. The van der Waals surface area contributed by atoms with Crippen molar-refractivity contribution >= 4 is 33.6 Å². The minimum absolute atomic E-state index is 0.225. The molecule has 0 radical (unpaired) electrons. The number of nitrogens with one attached hydrogen (secondary N) is 1. The van der Waals surface area contributed by atoms with Gasteiger partial charge in [0.25, 0.3) is 0 Å². The number of aliphatic carboxylic acids is 2. The molecule has 2 heterocycles. The Morgan fingerprint density at radius 2 is 1.66 bits per heavy atom. The molecule has 1 fully saturated rings. The summed E-state index contributed by atoms with van der Waals surface area (Å²) in [7, 11) is 0. The Kier molecular flexibility index (Phi) is 8.16. The molecule has 1 aliphatic rings. The van der Waals surface area contributed by atoms with Gasteiger partial charge in [-0.05, 0) is 65.6 Å². The summed E-state index contributed by atoms with van der Waals surface area (Å²) in [6.07, 6.45) is 2.48. The average Bonchev–Trinajstić information content (AvgIpc) is 3.38. The fraction of sp³-hybridized carbons (Fsp3) is 0.286. The molecule has 200 valence electrons. The molecule has 38 heavy (non-hydrogen) atoms. The second-order valence-electron chi connectivity index (χ2n) is 9.35. The van der Waals surface area contributed by atoms with Crippen molar-refractivity contribution in [3.05, 3.63) is 72.4 Å². The number of ether oxygens (including phenoxy) is 1. The molecular formula is C28H30N2O8. The average molecular weight is 523 g/mol. The van der Waals surface area contributed by atoms with Crippen LogP contribution < -0.4 is 4.74 Å². The maximum absolute atomic E-state index is 11.3. The van der Waals surface area contributed by atoms with Crippen molar-refractivity contribution in [3.63, 3.8) is 0 Å². The standard InChI is InChI=1S/C26H28N2O4.C2H2O4/c29-21-7-5-18-14-20(6-4-19(18)15-21)26(31)9-12-28(13-10-26)16-22(30)17-32-25-3-1-2-24-23(25)8-11-27-24;3-1(4)2(5)6/h1-8,11,14-15,22,27,29-31H,9-10,12-13,16-17H2;(H,3,4)(H,5,6)/t22-;/m0./s1. The number of benzene rings is 3. The Morgan fingerprint density at radius 1 is 0.974 bits per heavy atom. The van der Waals surface area contributed by atoms with Gasteiger partial charge in [-0.2, -0.15) is 0 Å². The fourth-order valence-corrected chi connectivity index (χ4v) is 4.64. The van der Waals surface area contributed by atoms with E-state index in [4.69, 9.17) is 24.5 Å². The molecule has 1 saturated heterocycles. The Bertz CT molecular complexity index is 1410. The number of aromatic nitrogens is 1. The lowest BCUT2D eigenvalue weighted by Gasteiger charge is -2.39. The van der Waals surface area contributed by atoms with Crippen LogP contribution in [-0.2, 0) is 15.2 Å². The molecule has 1 atom stereocenters. The van der Waals surface area contributed by atoms with E-state index < -0.39 is 23.6 Å². The number of aliphatic hydroxyl groups excluding tert-OH is 1. The number of H-pyrrole nitrogens is 1. The first-order valence-corrected chi connectivity index (χ1v) is 12.2. The summed E-state index contributed by atoms with van der Waals surface area (Å²) in [5.74, 6) is -2.64. The molecule has 0 bridgehead atoms. The van der Waals surface area contributed by atoms with Crippen molar-refractivity contribution in [2.24, 2.45) is 0 Å². The number of phenols is 1. The first-order valence-electron chi connectivity index (χ1n) is 12.2. The van der Waals surface area contributed by atoms with Crippen LogP contribution in [0.2, 0.25) is 0 Å². The number of nitrogens with zero attached hydrogens (tertiary/aromatic N) is 1. The summed E-state index contributed by atoms with van der Waals surface area (Å²) in [4.78, 5) is 23.5. The van der Waals surface area contributed by atoms with Crippen LogP contribution >= 0.6 is 0 Å². The van der Waals surface area contributed by atoms with E-state index in [0.29, 0.717) is 32.5 Å². The van der Waals surface area contributed by atoms with Crippen molar-refractivity contribution in [2.45, 2.75) is 24.5 Å². The maximum Gasteiger partial charge on any atom is 0.414 e. The van der Waals surface area contributed by atoms with Crippen LogP contribution in [0.5, 0.6) is 11.5 Å². The van der Waals surface area contributed by atoms with E-state index in [1.807, 2.05) is 54.7 Å². The molecule has 10 heteroatoms. The highest BCUT2D eigenvalue weighted by Crippen LogP contribution is 2.35. The fourth-order valence-electron chi connectivity index (χ4n) is 4.64. The largest absolute Gasteiger partial charge is 0.508 e. The Morgan fingerprint density at radius 3 is 2.37 bits per heavy atom. The van der Waals surface area contributed by atoms with Gasteiger partial charge in [0.15, 0.2) is 0 Å². The number of fused-ring (bicyclic) bond motifs is 2. The van der Waals surface area contributed by atoms with Crippen molar-refractivity contribution < 1.29 is 39.9 Å². The Hall–Kier alpha value is -4.12. The minimum Gasteiger partial charge on any atom is -0.508 e. The Balaban J connectivity index is 0.000000505. The van der Waals surface area contributed by atoms with Gasteiger partial charge in [0.2, 0.25) is 0 Å². The quantitative estimate of drug-likeness (QED) is 0.209. The predicted octanol–water partition coefficient (Wildman–Crippen LogP) is 2.91. The molecule has 0 aliphatic carbocycles. The third-order valence-electron chi connectivity index (χ3n) is 6.68. The van der Waals surface area contributed by atoms with Gasteiger partial charge in [-0.15, -0.1) is 0 Å². The van der Waals surface area contributed by atoms with Crippen LogP contribution in [0.3, 0.4) is 0 Å². The van der Waals surface area contributed by atoms with E-state index in [-0.39, 0.29) is 12.4 Å². The number of hydrogen-bond acceptors (Lipinski definition) is 7. The van der Waals surface area contributed by atoms with Gasteiger partial charge in [-0.3, -0.25) is 0 Å². The number of aliphatic hydroxyl groups is 2. The van der Waals surface area contributed by atoms with Gasteiger partial charge in [0.1, 0.15) is 24.2 Å². The van der Waals surface area contributed by atoms with Crippen LogP contribution in [0.4, 0.5) is 0 Å². The van der Waals surface area contributed by atoms with E-state index in [2.05, 4.69) is 9.88 Å². The van der Waals surface area contributed by atoms with Gasteiger partial charge in [0.05, 0.1) is 5.60 Å². The molecule has 0 saturated carbocycles. The zero-order valence-corrected chi connectivity index (χ0v) is 20.6. The second kappa shape index (κ2) is 11.5. The summed E-state index contributed by atoms with van der Waals surface area (Å²) in [5.41, 5.74) is 1.03. The summed E-state index contributed by atoms with van der Waals surface area (Å²) in [6, 6.07) is 19.0. The number of carboxylic acid groups (broad SMARTS) is 2. The molecule has 6 N–H and O–H groups in total. The number of piperidine rings is 1. The number of carbonyl (C=O) groups is 2. The number of rotatable bonds is 6. The molecule has 10 nitrogen and oxygen atoms in total. The third-order valence-corrected chi connectivity index (χ3v) is 6.68. The zero-order valence-electron chi connectivity index (χ0n) is 20.6. The van der Waals surface area contributed by atoms with Gasteiger partial charge in [0, 0.05) is 36.7 Å². The summed E-state index contributed by atoms with van der Waals surface area (Å²) in [6.45, 7) is 2.14. The Labute approximate surface area is 218 Å². The number of phenolic OH excluding ortho intramolecular Hbond substituents is 1. The van der Waals surface area contributed by atoms with Gasteiger partial charge in [-0.25, -0.2) is 9.59 Å². The summed E-state index contributed by atoms with van der Waals surface area (Å²) >= 11 is 0. The lowest BCUT2D eigenvalue weighted by atomic mass is 9.83.